The van der Waals surface area contributed by atoms with Gasteiger partial charge in [-0.15, -0.1) is 10.2 Å². The minimum atomic E-state index is -0.0222. The van der Waals surface area contributed by atoms with Crippen molar-refractivity contribution in [3.05, 3.63) is 29.7 Å². The molecule has 2 aromatic heterocycles. The number of fused-ring (bicyclic) bond motifs is 1. The zero-order valence-corrected chi connectivity index (χ0v) is 16.4. The molecule has 7 heteroatoms. The zero-order chi connectivity index (χ0) is 18.8. The van der Waals surface area contributed by atoms with Crippen molar-refractivity contribution in [3.63, 3.8) is 0 Å². The van der Waals surface area contributed by atoms with Crippen molar-refractivity contribution < 1.29 is 4.79 Å². The molecule has 2 saturated heterocycles. The summed E-state index contributed by atoms with van der Waals surface area (Å²) >= 11 is 0. The van der Waals surface area contributed by atoms with Gasteiger partial charge in [0, 0.05) is 37.8 Å². The number of amides is 1. The highest BCUT2D eigenvalue weighted by Gasteiger charge is 2.29. The maximum absolute atomic E-state index is 12.6. The molecule has 0 radical (unpaired) electrons. The SMILES string of the molecule is CC(C)N1CCC(c2nnc3ccc(C(=O)NCCN4CCCC4)cn23)C1. The second-order valence-electron chi connectivity index (χ2n) is 8.08. The van der Waals surface area contributed by atoms with E-state index in [2.05, 4.69) is 39.2 Å². The highest BCUT2D eigenvalue weighted by atomic mass is 16.1. The molecular weight excluding hydrogens is 340 g/mol. The van der Waals surface area contributed by atoms with Gasteiger partial charge in [-0.2, -0.15) is 0 Å². The Bertz CT molecular complexity index is 795. The third-order valence-electron chi connectivity index (χ3n) is 5.92. The topological polar surface area (TPSA) is 65.8 Å². The fourth-order valence-corrected chi connectivity index (χ4v) is 4.22. The van der Waals surface area contributed by atoms with Crippen LogP contribution in [0.15, 0.2) is 18.3 Å². The van der Waals surface area contributed by atoms with Gasteiger partial charge < -0.3 is 15.1 Å². The number of nitrogens with one attached hydrogen (secondary N) is 1. The van der Waals surface area contributed by atoms with E-state index in [9.17, 15) is 4.79 Å². The first kappa shape index (κ1) is 18.4. The van der Waals surface area contributed by atoms with Crippen LogP contribution in [0.4, 0.5) is 0 Å². The molecule has 0 bridgehead atoms. The summed E-state index contributed by atoms with van der Waals surface area (Å²) in [4.78, 5) is 17.4. The van der Waals surface area contributed by atoms with Crippen LogP contribution in [0.3, 0.4) is 0 Å². The van der Waals surface area contributed by atoms with Crippen molar-refractivity contribution in [2.45, 2.75) is 45.1 Å². The Morgan fingerprint density at radius 2 is 2.04 bits per heavy atom. The first-order valence-electron chi connectivity index (χ1n) is 10.2. The normalized spacial score (nSPS) is 21.5. The number of hydrogen-bond donors (Lipinski definition) is 1. The van der Waals surface area contributed by atoms with Gasteiger partial charge in [0.05, 0.1) is 5.56 Å². The lowest BCUT2D eigenvalue weighted by molar-refractivity contribution is 0.0949. The van der Waals surface area contributed by atoms with Crippen molar-refractivity contribution in [2.75, 3.05) is 39.3 Å². The molecular formula is C20H30N6O. The van der Waals surface area contributed by atoms with Crippen LogP contribution >= 0.6 is 0 Å². The van der Waals surface area contributed by atoms with Gasteiger partial charge in [0.25, 0.3) is 5.91 Å². The molecule has 4 heterocycles. The predicted octanol–water partition coefficient (Wildman–Crippen LogP) is 1.75. The lowest BCUT2D eigenvalue weighted by Gasteiger charge is -2.19. The lowest BCUT2D eigenvalue weighted by Crippen LogP contribution is -2.33. The first-order chi connectivity index (χ1) is 13.1. The van der Waals surface area contributed by atoms with Crippen molar-refractivity contribution >= 4 is 11.6 Å². The standard InChI is InChI=1S/C20H30N6O/c1-15(2)25-11-7-16(13-25)19-23-22-18-6-5-17(14-26(18)19)20(27)21-8-12-24-9-3-4-10-24/h5-6,14-16H,3-4,7-13H2,1-2H3,(H,21,27). The second-order valence-corrected chi connectivity index (χ2v) is 8.08. The Labute approximate surface area is 160 Å². The molecule has 2 fully saturated rings. The van der Waals surface area contributed by atoms with Gasteiger partial charge >= 0.3 is 0 Å². The third kappa shape index (κ3) is 3.99. The highest BCUT2D eigenvalue weighted by molar-refractivity contribution is 5.94. The molecule has 1 atom stereocenters. The minimum Gasteiger partial charge on any atom is -0.351 e. The van der Waals surface area contributed by atoms with Crippen LogP contribution in [0.1, 0.15) is 55.2 Å². The van der Waals surface area contributed by atoms with Gasteiger partial charge in [-0.25, -0.2) is 0 Å². The second kappa shape index (κ2) is 7.94. The van der Waals surface area contributed by atoms with Gasteiger partial charge in [-0.05, 0) is 64.9 Å². The minimum absolute atomic E-state index is 0.0222. The predicted molar refractivity (Wildman–Crippen MR) is 105 cm³/mol. The molecule has 2 aliphatic rings. The summed E-state index contributed by atoms with van der Waals surface area (Å²) in [6.45, 7) is 10.5. The number of carbonyl (C=O) groups is 1. The van der Waals surface area contributed by atoms with E-state index in [-0.39, 0.29) is 5.91 Å². The van der Waals surface area contributed by atoms with E-state index in [0.717, 1.165) is 50.6 Å². The molecule has 7 nitrogen and oxygen atoms in total. The van der Waals surface area contributed by atoms with Crippen LogP contribution < -0.4 is 5.32 Å². The van der Waals surface area contributed by atoms with E-state index in [1.165, 1.54) is 12.8 Å². The van der Waals surface area contributed by atoms with Crippen molar-refractivity contribution in [2.24, 2.45) is 0 Å². The van der Waals surface area contributed by atoms with E-state index in [4.69, 9.17) is 0 Å². The zero-order valence-electron chi connectivity index (χ0n) is 16.4. The molecule has 1 N–H and O–H groups in total. The molecule has 146 valence electrons. The molecule has 0 spiro atoms. The Morgan fingerprint density at radius 1 is 1.22 bits per heavy atom. The molecule has 0 saturated carbocycles. The summed E-state index contributed by atoms with van der Waals surface area (Å²) in [5.74, 6) is 1.32. The number of rotatable bonds is 6. The maximum atomic E-state index is 12.6. The van der Waals surface area contributed by atoms with Crippen molar-refractivity contribution in [3.8, 4) is 0 Å². The van der Waals surface area contributed by atoms with Gasteiger partial charge in [0.15, 0.2) is 5.65 Å². The third-order valence-corrected chi connectivity index (χ3v) is 5.92. The highest BCUT2D eigenvalue weighted by Crippen LogP contribution is 2.27. The number of carbonyl (C=O) groups excluding carboxylic acids is 1. The van der Waals surface area contributed by atoms with Gasteiger partial charge in [-0.1, -0.05) is 0 Å². The van der Waals surface area contributed by atoms with Crippen LogP contribution in [0, 0.1) is 0 Å². The number of hydrogen-bond acceptors (Lipinski definition) is 5. The summed E-state index contributed by atoms with van der Waals surface area (Å²) in [7, 11) is 0. The van der Waals surface area contributed by atoms with Crippen LogP contribution in [0.25, 0.3) is 5.65 Å². The Morgan fingerprint density at radius 3 is 2.78 bits per heavy atom. The summed E-state index contributed by atoms with van der Waals surface area (Å²) in [6.07, 6.45) is 5.53. The van der Waals surface area contributed by atoms with Crippen molar-refractivity contribution in [1.29, 1.82) is 0 Å². The fourth-order valence-electron chi connectivity index (χ4n) is 4.22. The van der Waals surface area contributed by atoms with Crippen molar-refractivity contribution in [1.82, 2.24) is 29.7 Å². The average Bonchev–Trinajstić information content (AvgIpc) is 3.40. The molecule has 2 aliphatic heterocycles. The van der Waals surface area contributed by atoms with Gasteiger partial charge in [0.2, 0.25) is 0 Å². The monoisotopic (exact) mass is 370 g/mol. The smallest absolute Gasteiger partial charge is 0.252 e. The molecule has 27 heavy (non-hydrogen) atoms. The summed E-state index contributed by atoms with van der Waals surface area (Å²) in [5, 5.41) is 11.8. The summed E-state index contributed by atoms with van der Waals surface area (Å²) < 4.78 is 2.00. The quantitative estimate of drug-likeness (QED) is 0.839. The van der Waals surface area contributed by atoms with Gasteiger partial charge in [0.1, 0.15) is 5.82 Å². The molecule has 4 rings (SSSR count). The van der Waals surface area contributed by atoms with E-state index in [1.807, 2.05) is 22.7 Å². The first-order valence-corrected chi connectivity index (χ1v) is 10.2. The average molecular weight is 371 g/mol. The Hall–Kier alpha value is -1.99. The van der Waals surface area contributed by atoms with E-state index < -0.39 is 0 Å². The molecule has 0 aliphatic carbocycles. The van der Waals surface area contributed by atoms with E-state index in [0.29, 0.717) is 24.1 Å². The summed E-state index contributed by atoms with van der Waals surface area (Å²) in [5.41, 5.74) is 1.48. The lowest BCUT2D eigenvalue weighted by atomic mass is 10.1. The van der Waals surface area contributed by atoms with E-state index >= 15 is 0 Å². The van der Waals surface area contributed by atoms with Crippen LogP contribution in [0.2, 0.25) is 0 Å². The van der Waals surface area contributed by atoms with Gasteiger partial charge in [-0.3, -0.25) is 9.20 Å². The van der Waals surface area contributed by atoms with Crippen LogP contribution in [0.5, 0.6) is 0 Å². The number of nitrogens with zero attached hydrogens (tertiary/aromatic N) is 5. The summed E-state index contributed by atoms with van der Waals surface area (Å²) in [6, 6.07) is 4.28. The van der Waals surface area contributed by atoms with Crippen LogP contribution in [-0.4, -0.2) is 75.6 Å². The number of aromatic nitrogens is 3. The largest absolute Gasteiger partial charge is 0.351 e. The Kier molecular flexibility index (Phi) is 5.41. The Balaban J connectivity index is 1.44. The van der Waals surface area contributed by atoms with E-state index in [1.54, 1.807) is 0 Å². The number of pyridine rings is 1. The molecule has 1 amide bonds. The molecule has 1 unspecified atom stereocenters. The number of likely N-dealkylation sites (tertiary alicyclic amines) is 2. The molecule has 0 aromatic carbocycles. The maximum Gasteiger partial charge on any atom is 0.252 e. The molecule has 2 aromatic rings. The fraction of sp³-hybridized carbons (Fsp3) is 0.650. The van der Waals surface area contributed by atoms with Crippen LogP contribution in [-0.2, 0) is 0 Å².